The van der Waals surface area contributed by atoms with Crippen molar-refractivity contribution in [3.05, 3.63) is 76.4 Å². The van der Waals surface area contributed by atoms with Crippen LogP contribution in [0.1, 0.15) is 5.01 Å². The standard InChI is InChI=1S/C19H13ClFN5O3S2/c1-26-16(18(27)24-11-5-6-13(21)12(20)8-11)9-15(25-31(26,28)29)19-23-10-17(30-19)14-4-2-3-7-22-14/h2-10H,1H3,(H,24,27). The van der Waals surface area contributed by atoms with Crippen LogP contribution in [0.25, 0.3) is 10.6 Å². The molecule has 1 amide bonds. The van der Waals surface area contributed by atoms with Gasteiger partial charge in [-0.15, -0.1) is 15.7 Å². The van der Waals surface area contributed by atoms with Crippen molar-refractivity contribution in [2.24, 2.45) is 4.40 Å². The van der Waals surface area contributed by atoms with Gasteiger partial charge in [-0.3, -0.25) is 9.78 Å². The van der Waals surface area contributed by atoms with Crippen LogP contribution in [-0.4, -0.2) is 41.4 Å². The summed E-state index contributed by atoms with van der Waals surface area (Å²) in [5, 5.41) is 2.64. The molecule has 12 heteroatoms. The maximum Gasteiger partial charge on any atom is 0.345 e. The lowest BCUT2D eigenvalue weighted by Crippen LogP contribution is -2.35. The van der Waals surface area contributed by atoms with Crippen LogP contribution in [0, 0.1) is 5.82 Å². The molecule has 1 aliphatic heterocycles. The van der Waals surface area contributed by atoms with E-state index in [0.717, 1.165) is 15.2 Å². The first kappa shape index (κ1) is 21.1. The second-order valence-corrected chi connectivity index (χ2v) is 9.34. The molecule has 3 heterocycles. The molecule has 4 rings (SSSR count). The Morgan fingerprint density at radius 1 is 1.23 bits per heavy atom. The molecular weight excluding hydrogens is 465 g/mol. The molecule has 0 saturated carbocycles. The fraction of sp³-hybridized carbons (Fsp3) is 0.0526. The summed E-state index contributed by atoms with van der Waals surface area (Å²) < 4.78 is 42.9. The maximum absolute atomic E-state index is 13.3. The van der Waals surface area contributed by atoms with Gasteiger partial charge in [-0.1, -0.05) is 17.7 Å². The second-order valence-electron chi connectivity index (χ2n) is 6.28. The number of aromatic nitrogens is 2. The molecule has 0 bridgehead atoms. The number of halogens is 2. The van der Waals surface area contributed by atoms with Crippen LogP contribution in [0.5, 0.6) is 0 Å². The molecule has 0 radical (unpaired) electrons. The second kappa shape index (κ2) is 8.17. The van der Waals surface area contributed by atoms with Crippen molar-refractivity contribution >= 4 is 50.5 Å². The van der Waals surface area contributed by atoms with E-state index in [4.69, 9.17) is 11.6 Å². The van der Waals surface area contributed by atoms with Crippen LogP contribution in [0.2, 0.25) is 5.02 Å². The van der Waals surface area contributed by atoms with Gasteiger partial charge in [0.25, 0.3) is 5.91 Å². The summed E-state index contributed by atoms with van der Waals surface area (Å²) in [6.07, 6.45) is 4.52. The van der Waals surface area contributed by atoms with E-state index in [-0.39, 0.29) is 22.1 Å². The smallest absolute Gasteiger partial charge is 0.321 e. The summed E-state index contributed by atoms with van der Waals surface area (Å²) in [5.41, 5.74) is 0.726. The van der Waals surface area contributed by atoms with Crippen molar-refractivity contribution in [1.29, 1.82) is 0 Å². The number of nitrogens with one attached hydrogen (secondary N) is 1. The van der Waals surface area contributed by atoms with Gasteiger partial charge in [-0.25, -0.2) is 13.7 Å². The first-order chi connectivity index (χ1) is 14.7. The Kier molecular flexibility index (Phi) is 5.56. The number of allylic oxidation sites excluding steroid dienone is 1. The lowest BCUT2D eigenvalue weighted by atomic mass is 10.2. The SMILES string of the molecule is CN1C(C(=O)Nc2ccc(F)c(Cl)c2)=CC(c2ncc(-c3ccccn3)s2)=NS1(=O)=O. The van der Waals surface area contributed by atoms with Crippen LogP contribution in [0.4, 0.5) is 10.1 Å². The third kappa shape index (κ3) is 4.33. The van der Waals surface area contributed by atoms with Crippen molar-refractivity contribution in [1.82, 2.24) is 14.3 Å². The molecule has 158 valence electrons. The van der Waals surface area contributed by atoms with E-state index in [1.165, 1.54) is 36.6 Å². The van der Waals surface area contributed by atoms with Gasteiger partial charge in [0.1, 0.15) is 22.2 Å². The van der Waals surface area contributed by atoms with E-state index in [2.05, 4.69) is 19.7 Å². The zero-order valence-corrected chi connectivity index (χ0v) is 18.2. The number of amides is 1. The number of rotatable bonds is 4. The quantitative estimate of drug-likeness (QED) is 0.619. The average Bonchev–Trinajstić information content (AvgIpc) is 3.23. The van der Waals surface area contributed by atoms with Crippen LogP contribution < -0.4 is 5.32 Å². The Labute approximate surface area is 185 Å². The van der Waals surface area contributed by atoms with E-state index in [0.29, 0.717) is 10.7 Å². The lowest BCUT2D eigenvalue weighted by molar-refractivity contribution is -0.113. The normalized spacial score (nSPS) is 15.3. The Bertz CT molecular complexity index is 1340. The van der Waals surface area contributed by atoms with E-state index in [9.17, 15) is 17.6 Å². The first-order valence-corrected chi connectivity index (χ1v) is 11.3. The monoisotopic (exact) mass is 477 g/mol. The predicted molar refractivity (Wildman–Crippen MR) is 117 cm³/mol. The highest BCUT2D eigenvalue weighted by Gasteiger charge is 2.31. The number of nitrogens with zero attached hydrogens (tertiary/aromatic N) is 4. The number of carbonyl (C=O) groups is 1. The fourth-order valence-electron chi connectivity index (χ4n) is 2.65. The van der Waals surface area contributed by atoms with Gasteiger partial charge in [0.2, 0.25) is 0 Å². The molecule has 1 N–H and O–H groups in total. The number of hydrogen-bond acceptors (Lipinski definition) is 6. The molecule has 3 aromatic rings. The highest BCUT2D eigenvalue weighted by molar-refractivity contribution is 7.88. The van der Waals surface area contributed by atoms with Crippen molar-refractivity contribution < 1.29 is 17.6 Å². The molecule has 1 aliphatic rings. The van der Waals surface area contributed by atoms with E-state index >= 15 is 0 Å². The Balaban J connectivity index is 1.67. The minimum absolute atomic E-state index is 0.0209. The Morgan fingerprint density at radius 2 is 2.03 bits per heavy atom. The summed E-state index contributed by atoms with van der Waals surface area (Å²) in [7, 11) is -2.95. The topological polar surface area (TPSA) is 105 Å². The van der Waals surface area contributed by atoms with Crippen LogP contribution in [-0.2, 0) is 15.0 Å². The third-order valence-electron chi connectivity index (χ3n) is 4.22. The van der Waals surface area contributed by atoms with E-state index in [1.807, 2.05) is 6.07 Å². The zero-order valence-electron chi connectivity index (χ0n) is 15.8. The summed E-state index contributed by atoms with van der Waals surface area (Å²) in [6, 6.07) is 9.03. The number of hydrogen-bond donors (Lipinski definition) is 1. The van der Waals surface area contributed by atoms with Gasteiger partial charge < -0.3 is 5.32 Å². The largest absolute Gasteiger partial charge is 0.345 e. The zero-order chi connectivity index (χ0) is 22.2. The molecule has 2 aromatic heterocycles. The molecule has 0 spiro atoms. The number of likely N-dealkylation sites (N-methyl/N-ethyl adjacent to an activating group) is 1. The minimum atomic E-state index is -4.16. The number of anilines is 1. The van der Waals surface area contributed by atoms with Crippen molar-refractivity contribution in [2.75, 3.05) is 12.4 Å². The number of thiazole rings is 1. The molecule has 0 unspecified atom stereocenters. The van der Waals surface area contributed by atoms with Gasteiger partial charge >= 0.3 is 10.2 Å². The van der Waals surface area contributed by atoms with Crippen LogP contribution >= 0.6 is 22.9 Å². The minimum Gasteiger partial charge on any atom is -0.321 e. The summed E-state index contributed by atoms with van der Waals surface area (Å²) >= 11 is 6.93. The first-order valence-electron chi connectivity index (χ1n) is 8.69. The van der Waals surface area contributed by atoms with Crippen molar-refractivity contribution in [3.8, 4) is 10.6 Å². The highest BCUT2D eigenvalue weighted by atomic mass is 35.5. The summed E-state index contributed by atoms with van der Waals surface area (Å²) in [6.45, 7) is 0. The van der Waals surface area contributed by atoms with Crippen LogP contribution in [0.15, 0.2) is 65.0 Å². The van der Waals surface area contributed by atoms with E-state index < -0.39 is 21.9 Å². The fourth-order valence-corrected chi connectivity index (χ4v) is 4.64. The summed E-state index contributed by atoms with van der Waals surface area (Å²) in [5.74, 6) is -1.37. The Hall–Kier alpha value is -3.15. The maximum atomic E-state index is 13.3. The molecule has 8 nitrogen and oxygen atoms in total. The molecule has 31 heavy (non-hydrogen) atoms. The molecule has 0 aliphatic carbocycles. The number of carbonyl (C=O) groups excluding carboxylic acids is 1. The molecule has 0 saturated heterocycles. The van der Waals surface area contributed by atoms with E-state index in [1.54, 1.807) is 24.5 Å². The lowest BCUT2D eigenvalue weighted by Gasteiger charge is -2.23. The Morgan fingerprint density at radius 3 is 2.74 bits per heavy atom. The van der Waals surface area contributed by atoms with Gasteiger partial charge in [-0.2, -0.15) is 8.42 Å². The average molecular weight is 478 g/mol. The number of benzene rings is 1. The molecular formula is C19H13ClFN5O3S2. The number of pyridine rings is 1. The van der Waals surface area contributed by atoms with Gasteiger partial charge in [0.05, 0.1) is 15.6 Å². The summed E-state index contributed by atoms with van der Waals surface area (Å²) in [4.78, 5) is 22.0. The van der Waals surface area contributed by atoms with Gasteiger partial charge in [0, 0.05) is 25.1 Å². The molecule has 0 atom stereocenters. The molecule has 0 fully saturated rings. The van der Waals surface area contributed by atoms with Gasteiger partial charge in [-0.05, 0) is 36.4 Å². The highest BCUT2D eigenvalue weighted by Crippen LogP contribution is 2.28. The van der Waals surface area contributed by atoms with Gasteiger partial charge in [0.15, 0.2) is 0 Å². The third-order valence-corrected chi connectivity index (χ3v) is 6.87. The van der Waals surface area contributed by atoms with Crippen LogP contribution in [0.3, 0.4) is 0 Å². The molecule has 1 aromatic carbocycles. The van der Waals surface area contributed by atoms with Crippen molar-refractivity contribution in [2.45, 2.75) is 0 Å². The predicted octanol–water partition coefficient (Wildman–Crippen LogP) is 3.50. The van der Waals surface area contributed by atoms with Crippen molar-refractivity contribution in [3.63, 3.8) is 0 Å².